The molecule has 0 spiro atoms. The Morgan fingerprint density at radius 1 is 1.50 bits per heavy atom. The van der Waals surface area contributed by atoms with Gasteiger partial charge in [-0.05, 0) is 32.4 Å². The third kappa shape index (κ3) is 3.51. The Morgan fingerprint density at radius 3 is 2.62 bits per heavy atom. The summed E-state index contributed by atoms with van der Waals surface area (Å²) in [5, 5.41) is 0. The van der Waals surface area contributed by atoms with Crippen molar-refractivity contribution in [3.63, 3.8) is 0 Å². The Labute approximate surface area is 93.6 Å². The lowest BCUT2D eigenvalue weighted by Gasteiger charge is -2.22. The second-order valence-corrected chi connectivity index (χ2v) is 4.50. The van der Waals surface area contributed by atoms with Gasteiger partial charge < -0.3 is 15.5 Å². The van der Waals surface area contributed by atoms with Crippen LogP contribution in [0.3, 0.4) is 0 Å². The van der Waals surface area contributed by atoms with E-state index >= 15 is 0 Å². The van der Waals surface area contributed by atoms with Gasteiger partial charge in [-0.3, -0.25) is 4.79 Å². The Balaban J connectivity index is 2.82. The fraction of sp³-hybridized carbons (Fsp3) is 0.455. The third-order valence-corrected chi connectivity index (χ3v) is 1.82. The topological polar surface area (TPSA) is 85.2 Å². The number of pyridine rings is 1. The third-order valence-electron chi connectivity index (χ3n) is 1.82. The number of rotatable bonds is 2. The molecule has 0 bridgehead atoms. The summed E-state index contributed by atoms with van der Waals surface area (Å²) in [7, 11) is 0. The first-order valence-corrected chi connectivity index (χ1v) is 4.97. The molecule has 0 saturated carbocycles. The Morgan fingerprint density at radius 2 is 2.12 bits per heavy atom. The van der Waals surface area contributed by atoms with E-state index in [2.05, 4.69) is 4.98 Å². The van der Waals surface area contributed by atoms with E-state index < -0.39 is 17.6 Å². The standard InChI is InChI=1S/C11H16N2O3/c1-11(2,3)16-10(15)9(12)7-4-5-13-8(14)6-7/h4-6,9H,12H2,1-3H3,(H,13,14)/t9-/m0/s1. The van der Waals surface area contributed by atoms with E-state index in [0.29, 0.717) is 5.56 Å². The van der Waals surface area contributed by atoms with Crippen LogP contribution in [0.4, 0.5) is 0 Å². The highest BCUT2D eigenvalue weighted by Gasteiger charge is 2.23. The van der Waals surface area contributed by atoms with E-state index in [-0.39, 0.29) is 5.56 Å². The van der Waals surface area contributed by atoms with Gasteiger partial charge in [-0.1, -0.05) is 0 Å². The second-order valence-electron chi connectivity index (χ2n) is 4.50. The maximum atomic E-state index is 11.6. The molecule has 0 aromatic carbocycles. The first-order chi connectivity index (χ1) is 7.29. The van der Waals surface area contributed by atoms with E-state index in [1.807, 2.05) is 0 Å². The van der Waals surface area contributed by atoms with Crippen LogP contribution < -0.4 is 11.3 Å². The fourth-order valence-corrected chi connectivity index (χ4v) is 1.16. The van der Waals surface area contributed by atoms with Crippen LogP contribution in [-0.2, 0) is 9.53 Å². The Bertz CT molecular complexity index is 431. The number of hydrogen-bond acceptors (Lipinski definition) is 4. The van der Waals surface area contributed by atoms with E-state index in [1.165, 1.54) is 12.3 Å². The van der Waals surface area contributed by atoms with Crippen LogP contribution in [0, 0.1) is 0 Å². The van der Waals surface area contributed by atoms with Crippen molar-refractivity contribution in [3.05, 3.63) is 34.2 Å². The summed E-state index contributed by atoms with van der Waals surface area (Å²) in [6, 6.07) is 1.94. The monoisotopic (exact) mass is 224 g/mol. The van der Waals surface area contributed by atoms with Crippen LogP contribution in [0.2, 0.25) is 0 Å². The van der Waals surface area contributed by atoms with Crippen molar-refractivity contribution in [2.75, 3.05) is 0 Å². The SMILES string of the molecule is CC(C)(C)OC(=O)[C@@H](N)c1cc[nH]c(=O)c1. The van der Waals surface area contributed by atoms with Gasteiger partial charge in [0.25, 0.3) is 0 Å². The van der Waals surface area contributed by atoms with Crippen molar-refractivity contribution in [1.29, 1.82) is 0 Å². The molecule has 0 aliphatic carbocycles. The normalized spacial score (nSPS) is 13.2. The van der Waals surface area contributed by atoms with Crippen molar-refractivity contribution < 1.29 is 9.53 Å². The molecule has 5 nitrogen and oxygen atoms in total. The number of nitrogens with one attached hydrogen (secondary N) is 1. The van der Waals surface area contributed by atoms with Crippen molar-refractivity contribution in [2.45, 2.75) is 32.4 Å². The molecular formula is C11H16N2O3. The molecule has 1 atom stereocenters. The molecule has 0 unspecified atom stereocenters. The molecule has 3 N–H and O–H groups in total. The molecule has 5 heteroatoms. The van der Waals surface area contributed by atoms with Gasteiger partial charge in [0.05, 0.1) is 0 Å². The molecule has 1 aromatic heterocycles. The minimum absolute atomic E-state index is 0.295. The smallest absolute Gasteiger partial charge is 0.328 e. The van der Waals surface area contributed by atoms with Gasteiger partial charge in [0, 0.05) is 12.3 Å². The maximum Gasteiger partial charge on any atom is 0.328 e. The fourth-order valence-electron chi connectivity index (χ4n) is 1.16. The lowest BCUT2D eigenvalue weighted by molar-refractivity contribution is -0.156. The minimum Gasteiger partial charge on any atom is -0.459 e. The van der Waals surface area contributed by atoms with Crippen LogP contribution >= 0.6 is 0 Å². The summed E-state index contributed by atoms with van der Waals surface area (Å²) in [4.78, 5) is 25.1. The summed E-state index contributed by atoms with van der Waals surface area (Å²) in [6.07, 6.45) is 1.45. The highest BCUT2D eigenvalue weighted by atomic mass is 16.6. The lowest BCUT2D eigenvalue weighted by Crippen LogP contribution is -2.32. The lowest BCUT2D eigenvalue weighted by atomic mass is 10.1. The minimum atomic E-state index is -0.929. The van der Waals surface area contributed by atoms with Crippen molar-refractivity contribution in [2.24, 2.45) is 5.73 Å². The van der Waals surface area contributed by atoms with Crippen molar-refractivity contribution in [3.8, 4) is 0 Å². The van der Waals surface area contributed by atoms with Crippen LogP contribution in [0.1, 0.15) is 32.4 Å². The number of carbonyl (C=O) groups excluding carboxylic acids is 1. The zero-order chi connectivity index (χ0) is 12.3. The molecule has 88 valence electrons. The summed E-state index contributed by atoms with van der Waals surface area (Å²) < 4.78 is 5.12. The molecule has 1 aromatic rings. The summed E-state index contributed by atoms with van der Waals surface area (Å²) in [6.45, 7) is 5.28. The zero-order valence-corrected chi connectivity index (χ0v) is 9.61. The first kappa shape index (κ1) is 12.4. The number of aromatic nitrogens is 1. The zero-order valence-electron chi connectivity index (χ0n) is 9.61. The average Bonchev–Trinajstić information content (AvgIpc) is 2.14. The average molecular weight is 224 g/mol. The number of ether oxygens (including phenoxy) is 1. The van der Waals surface area contributed by atoms with E-state index in [9.17, 15) is 9.59 Å². The van der Waals surface area contributed by atoms with E-state index in [1.54, 1.807) is 26.8 Å². The number of aromatic amines is 1. The molecule has 0 aliphatic rings. The molecule has 0 radical (unpaired) electrons. The highest BCUT2D eigenvalue weighted by molar-refractivity contribution is 5.77. The predicted molar refractivity (Wildman–Crippen MR) is 59.8 cm³/mol. The second kappa shape index (κ2) is 4.49. The van der Waals surface area contributed by atoms with Gasteiger partial charge in [-0.25, -0.2) is 4.79 Å². The van der Waals surface area contributed by atoms with Gasteiger partial charge in [0.2, 0.25) is 5.56 Å². The van der Waals surface area contributed by atoms with Crippen LogP contribution in [0.25, 0.3) is 0 Å². The largest absolute Gasteiger partial charge is 0.459 e. The quantitative estimate of drug-likeness (QED) is 0.725. The molecule has 0 aliphatic heterocycles. The molecule has 0 fully saturated rings. The summed E-state index contributed by atoms with van der Waals surface area (Å²) in [5.74, 6) is -0.543. The van der Waals surface area contributed by atoms with Gasteiger partial charge in [0.1, 0.15) is 11.6 Å². The number of esters is 1. The van der Waals surface area contributed by atoms with Gasteiger partial charge in [-0.15, -0.1) is 0 Å². The number of H-pyrrole nitrogens is 1. The van der Waals surface area contributed by atoms with Crippen LogP contribution in [0.5, 0.6) is 0 Å². The first-order valence-electron chi connectivity index (χ1n) is 4.97. The van der Waals surface area contributed by atoms with Gasteiger partial charge in [-0.2, -0.15) is 0 Å². The number of carbonyl (C=O) groups is 1. The highest BCUT2D eigenvalue weighted by Crippen LogP contribution is 2.14. The predicted octanol–water partition coefficient (Wildman–Crippen LogP) is 0.716. The molecule has 1 heterocycles. The van der Waals surface area contributed by atoms with Crippen LogP contribution in [-0.4, -0.2) is 16.6 Å². The molecule has 0 amide bonds. The Hall–Kier alpha value is -1.62. The summed E-state index contributed by atoms with van der Waals surface area (Å²) in [5.41, 5.74) is 5.25. The molecule has 1 rings (SSSR count). The van der Waals surface area contributed by atoms with Crippen molar-refractivity contribution in [1.82, 2.24) is 4.98 Å². The number of hydrogen-bond donors (Lipinski definition) is 2. The molecule has 16 heavy (non-hydrogen) atoms. The van der Waals surface area contributed by atoms with E-state index in [0.717, 1.165) is 0 Å². The molecule has 0 saturated heterocycles. The number of nitrogens with two attached hydrogens (primary N) is 1. The molecular weight excluding hydrogens is 208 g/mol. The van der Waals surface area contributed by atoms with E-state index in [4.69, 9.17) is 10.5 Å². The van der Waals surface area contributed by atoms with Gasteiger partial charge >= 0.3 is 5.97 Å². The summed E-state index contributed by atoms with van der Waals surface area (Å²) >= 11 is 0. The van der Waals surface area contributed by atoms with Crippen LogP contribution in [0.15, 0.2) is 23.1 Å². The Kier molecular flexibility index (Phi) is 3.49. The van der Waals surface area contributed by atoms with Crippen molar-refractivity contribution >= 4 is 5.97 Å². The van der Waals surface area contributed by atoms with Gasteiger partial charge in [0.15, 0.2) is 0 Å². The maximum absolute atomic E-state index is 11.6.